The standard InChI is InChI=1S/C48H61N7O8/c1-25(2)49-15-9-17-51-43(56)39-27-19-31(37(21-27)62-47(60)33-23-53-35-13-7-5-11-29(33)35)41(39)45(58)55-46(59)42-32-20-28(40(42)44(57)52-18-10-16-50-26(3)4)22-38(32)63-48(61)34-24-54-36-14-8-6-12-30(34)36/h5-8,11-14,23-28,31-32,37-42,49-50,53-54H,9-10,15-22H2,1-4H3,(H,51,56)(H,52,57)(H,55,58,59). The fourth-order valence-electron chi connectivity index (χ4n) is 11.1. The van der Waals surface area contributed by atoms with Gasteiger partial charge in [-0.15, -0.1) is 0 Å². The van der Waals surface area contributed by atoms with Crippen molar-refractivity contribution in [3.63, 3.8) is 0 Å². The van der Waals surface area contributed by atoms with Crippen molar-refractivity contribution in [2.24, 2.45) is 47.3 Å². The van der Waals surface area contributed by atoms with E-state index in [0.29, 0.717) is 87.9 Å². The molecule has 4 saturated carbocycles. The Balaban J connectivity index is 1.01. The maximum atomic E-state index is 14.7. The summed E-state index contributed by atoms with van der Waals surface area (Å²) < 4.78 is 12.3. The molecule has 2 aromatic carbocycles. The van der Waals surface area contributed by atoms with E-state index in [1.165, 1.54) is 0 Å². The van der Waals surface area contributed by atoms with Gasteiger partial charge in [-0.25, -0.2) is 9.59 Å². The van der Waals surface area contributed by atoms with E-state index in [1.807, 2.05) is 48.5 Å². The van der Waals surface area contributed by atoms with Gasteiger partial charge < -0.3 is 40.7 Å². The Morgan fingerprint density at radius 2 is 0.968 bits per heavy atom. The van der Waals surface area contributed by atoms with E-state index in [1.54, 1.807) is 12.4 Å². The molecule has 0 radical (unpaired) electrons. The molecule has 15 heteroatoms. The number of hydrogen-bond acceptors (Lipinski definition) is 10. The molecule has 63 heavy (non-hydrogen) atoms. The number of ether oxygens (including phenoxy) is 2. The molecule has 4 aliphatic rings. The molecule has 4 fully saturated rings. The maximum absolute atomic E-state index is 14.7. The molecule has 8 rings (SSSR count). The molecule has 0 spiro atoms. The van der Waals surface area contributed by atoms with Gasteiger partial charge in [0.15, 0.2) is 0 Å². The second-order valence-corrected chi connectivity index (χ2v) is 18.6. The predicted octanol–water partition coefficient (Wildman–Crippen LogP) is 4.60. The summed E-state index contributed by atoms with van der Waals surface area (Å²) in [5.41, 5.74) is 2.34. The first kappa shape index (κ1) is 44.1. The van der Waals surface area contributed by atoms with Gasteiger partial charge >= 0.3 is 11.9 Å². The average Bonchev–Trinajstić information content (AvgIpc) is 4.12. The molecule has 4 amide bonds. The second kappa shape index (κ2) is 19.1. The first-order valence-electron chi connectivity index (χ1n) is 22.8. The van der Waals surface area contributed by atoms with Crippen molar-refractivity contribution >= 4 is 57.4 Å². The van der Waals surface area contributed by atoms with Crippen LogP contribution in [0.4, 0.5) is 0 Å². The number of benzene rings is 2. The third-order valence-electron chi connectivity index (χ3n) is 13.9. The Bertz CT molecular complexity index is 2180. The van der Waals surface area contributed by atoms with Crippen LogP contribution in [0.3, 0.4) is 0 Å². The van der Waals surface area contributed by atoms with Gasteiger partial charge in [0.05, 0.1) is 34.8 Å². The molecule has 2 heterocycles. The minimum atomic E-state index is -0.961. The van der Waals surface area contributed by atoms with E-state index in [0.717, 1.165) is 21.8 Å². The van der Waals surface area contributed by atoms with Crippen LogP contribution in [0.15, 0.2) is 60.9 Å². The van der Waals surface area contributed by atoms with Crippen molar-refractivity contribution in [3.8, 4) is 0 Å². The molecule has 10 atom stereocenters. The summed E-state index contributed by atoms with van der Waals surface area (Å²) in [6, 6.07) is 15.4. The van der Waals surface area contributed by atoms with Crippen LogP contribution in [0.5, 0.6) is 0 Å². The van der Waals surface area contributed by atoms with Gasteiger partial charge in [0, 0.05) is 71.2 Å². The third kappa shape index (κ3) is 9.26. The first-order valence-corrected chi connectivity index (χ1v) is 22.8. The largest absolute Gasteiger partial charge is 0.458 e. The number of H-pyrrole nitrogens is 2. The van der Waals surface area contributed by atoms with Crippen LogP contribution in [-0.2, 0) is 28.7 Å². The fraction of sp³-hybridized carbons (Fsp3) is 0.542. The minimum absolute atomic E-state index is 0.255. The Morgan fingerprint density at radius 3 is 1.38 bits per heavy atom. The molecule has 7 N–H and O–H groups in total. The number of esters is 2. The number of fused-ring (bicyclic) bond motifs is 6. The highest BCUT2D eigenvalue weighted by Gasteiger charge is 2.62. The normalized spacial score (nSPS) is 27.0. The molecule has 4 aliphatic carbocycles. The predicted molar refractivity (Wildman–Crippen MR) is 236 cm³/mol. The molecule has 0 aliphatic heterocycles. The summed E-state index contributed by atoms with van der Waals surface area (Å²) in [5.74, 6) is -7.79. The summed E-state index contributed by atoms with van der Waals surface area (Å²) in [6.07, 6.45) is 5.08. The van der Waals surface area contributed by atoms with Gasteiger partial charge in [-0.3, -0.25) is 24.5 Å². The van der Waals surface area contributed by atoms with Crippen molar-refractivity contribution in [3.05, 3.63) is 72.1 Å². The zero-order valence-corrected chi connectivity index (χ0v) is 36.5. The molecule has 10 unspecified atom stereocenters. The van der Waals surface area contributed by atoms with E-state index < -0.39 is 71.5 Å². The highest BCUT2D eigenvalue weighted by atomic mass is 16.5. The van der Waals surface area contributed by atoms with Crippen molar-refractivity contribution in [2.45, 2.75) is 90.5 Å². The zero-order valence-electron chi connectivity index (χ0n) is 36.5. The van der Waals surface area contributed by atoms with Crippen molar-refractivity contribution in [1.82, 2.24) is 36.6 Å². The van der Waals surface area contributed by atoms with Gasteiger partial charge in [0.25, 0.3) is 0 Å². The number of aromatic amines is 2. The lowest BCUT2D eigenvalue weighted by Gasteiger charge is -2.36. The first-order chi connectivity index (χ1) is 30.4. The molecule has 4 aromatic rings. The molecule has 4 bridgehead atoms. The number of nitrogens with one attached hydrogen (secondary N) is 7. The number of hydrogen-bond donors (Lipinski definition) is 7. The van der Waals surface area contributed by atoms with Gasteiger partial charge in [-0.1, -0.05) is 64.1 Å². The molecule has 336 valence electrons. The monoisotopic (exact) mass is 863 g/mol. The van der Waals surface area contributed by atoms with Gasteiger partial charge in [-0.2, -0.15) is 0 Å². The molecular formula is C48H61N7O8. The number of amides is 4. The van der Waals surface area contributed by atoms with Crippen LogP contribution in [0.1, 0.15) is 86.9 Å². The second-order valence-electron chi connectivity index (χ2n) is 18.6. The van der Waals surface area contributed by atoms with E-state index in [4.69, 9.17) is 9.47 Å². The Labute approximate surface area is 367 Å². The molecular weight excluding hydrogens is 803 g/mol. The quantitative estimate of drug-likeness (QED) is 0.0420. The Kier molecular flexibility index (Phi) is 13.3. The van der Waals surface area contributed by atoms with Crippen molar-refractivity contribution in [2.75, 3.05) is 26.2 Å². The van der Waals surface area contributed by atoms with Gasteiger partial charge in [-0.05, 0) is 75.6 Å². The average molecular weight is 864 g/mol. The molecule has 15 nitrogen and oxygen atoms in total. The van der Waals surface area contributed by atoms with Crippen molar-refractivity contribution < 1.29 is 38.2 Å². The Hall–Kier alpha value is -5.54. The van der Waals surface area contributed by atoms with Crippen LogP contribution in [0.2, 0.25) is 0 Å². The summed E-state index contributed by atoms with van der Waals surface area (Å²) in [4.78, 5) is 90.8. The lowest BCUT2D eigenvalue weighted by Crippen LogP contribution is -2.53. The number of carbonyl (C=O) groups is 6. The van der Waals surface area contributed by atoms with Crippen LogP contribution in [0.25, 0.3) is 21.8 Å². The number of rotatable bonds is 18. The highest BCUT2D eigenvalue weighted by molar-refractivity contribution is 6.05. The summed E-state index contributed by atoms with van der Waals surface area (Å²) in [6.45, 7) is 10.5. The SMILES string of the molecule is CC(C)NCCCNC(=O)C1C2CC(OC(=O)c3c[nH]c4ccccc34)C(C2)C1C(=O)NC(=O)C1C2CC(CC2OC(=O)c2c[nH]c3ccccc23)C1C(=O)NCCCNC(C)C. The molecule has 2 aromatic heterocycles. The summed E-state index contributed by atoms with van der Waals surface area (Å²) >= 11 is 0. The Morgan fingerprint density at radius 1 is 0.556 bits per heavy atom. The summed E-state index contributed by atoms with van der Waals surface area (Å²) in [7, 11) is 0. The lowest BCUT2D eigenvalue weighted by atomic mass is 9.75. The van der Waals surface area contributed by atoms with Crippen molar-refractivity contribution in [1.29, 1.82) is 0 Å². The van der Waals surface area contributed by atoms with Gasteiger partial charge in [0.2, 0.25) is 23.6 Å². The van der Waals surface area contributed by atoms with Crippen LogP contribution < -0.4 is 26.6 Å². The number of para-hydroxylation sites is 2. The zero-order chi connectivity index (χ0) is 44.4. The third-order valence-corrected chi connectivity index (χ3v) is 13.9. The highest BCUT2D eigenvalue weighted by Crippen LogP contribution is 2.56. The number of imide groups is 1. The van der Waals surface area contributed by atoms with E-state index in [2.05, 4.69) is 64.2 Å². The summed E-state index contributed by atoms with van der Waals surface area (Å²) in [5, 5.41) is 16.9. The number of aromatic nitrogens is 2. The van der Waals surface area contributed by atoms with Crippen LogP contribution in [-0.4, -0.2) is 96.0 Å². The smallest absolute Gasteiger partial charge is 0.340 e. The fourth-order valence-corrected chi connectivity index (χ4v) is 11.1. The topological polar surface area (TPSA) is 213 Å². The van der Waals surface area contributed by atoms with Gasteiger partial charge in [0.1, 0.15) is 12.2 Å². The van der Waals surface area contributed by atoms with E-state index in [-0.39, 0.29) is 23.7 Å². The van der Waals surface area contributed by atoms with E-state index >= 15 is 0 Å². The molecule has 0 saturated heterocycles. The van der Waals surface area contributed by atoms with Crippen LogP contribution in [0, 0.1) is 47.3 Å². The van der Waals surface area contributed by atoms with E-state index in [9.17, 15) is 28.8 Å². The lowest BCUT2D eigenvalue weighted by molar-refractivity contribution is -0.147. The van der Waals surface area contributed by atoms with Crippen LogP contribution >= 0.6 is 0 Å². The maximum Gasteiger partial charge on any atom is 0.340 e. The number of carbonyl (C=O) groups excluding carboxylic acids is 6. The minimum Gasteiger partial charge on any atom is -0.458 e.